The van der Waals surface area contributed by atoms with Crippen molar-refractivity contribution < 1.29 is 19.5 Å². The number of hydrogen-bond donors (Lipinski definition) is 2. The third-order valence-electron chi connectivity index (χ3n) is 8.01. The smallest absolute Gasteiger partial charge is 0.290 e. The van der Waals surface area contributed by atoms with Crippen molar-refractivity contribution >= 4 is 41.5 Å². The number of benzene rings is 2. The van der Waals surface area contributed by atoms with Crippen molar-refractivity contribution in [2.24, 2.45) is 5.73 Å². The fourth-order valence-corrected chi connectivity index (χ4v) is 6.45. The van der Waals surface area contributed by atoms with Gasteiger partial charge >= 0.3 is 0 Å². The molecule has 3 N–H and O–H groups in total. The van der Waals surface area contributed by atoms with E-state index in [0.717, 1.165) is 45.2 Å². The molecule has 10 heteroatoms. The molecule has 0 saturated carbocycles. The summed E-state index contributed by atoms with van der Waals surface area (Å²) in [5.74, 6) is 0.116. The van der Waals surface area contributed by atoms with Crippen LogP contribution in [0.3, 0.4) is 0 Å². The van der Waals surface area contributed by atoms with Crippen molar-refractivity contribution in [1.82, 2.24) is 14.7 Å². The Morgan fingerprint density at radius 2 is 1.79 bits per heavy atom. The highest BCUT2D eigenvalue weighted by Gasteiger charge is 2.45. The molecule has 4 atom stereocenters. The number of carbonyl (C=O) groups excluding carboxylic acids is 2. The zero-order chi connectivity index (χ0) is 27.9. The second kappa shape index (κ2) is 13.6. The molecule has 3 saturated heterocycles. The highest BCUT2D eigenvalue weighted by atomic mass is 35.5. The Morgan fingerprint density at radius 1 is 1.05 bits per heavy atom. The molecule has 0 bridgehead atoms. The zero-order valence-corrected chi connectivity index (χ0v) is 23.4. The summed E-state index contributed by atoms with van der Waals surface area (Å²) in [6.45, 7) is 2.46. The van der Waals surface area contributed by atoms with E-state index in [2.05, 4.69) is 34.1 Å². The molecule has 2 aromatic rings. The van der Waals surface area contributed by atoms with Crippen LogP contribution in [0.25, 0.3) is 0 Å². The van der Waals surface area contributed by atoms with Crippen molar-refractivity contribution in [1.29, 1.82) is 0 Å². The molecule has 0 aliphatic carbocycles. The summed E-state index contributed by atoms with van der Waals surface area (Å²) in [7, 11) is 0. The fraction of sp³-hybridized carbons (Fsp3) is 0.483. The predicted molar refractivity (Wildman–Crippen MR) is 152 cm³/mol. The number of carbonyl (C=O) groups is 3. The summed E-state index contributed by atoms with van der Waals surface area (Å²) in [5.41, 5.74) is 8.22. The van der Waals surface area contributed by atoms with Gasteiger partial charge in [-0.3, -0.25) is 19.3 Å². The van der Waals surface area contributed by atoms with Crippen LogP contribution >= 0.6 is 23.2 Å². The third kappa shape index (κ3) is 7.11. The lowest BCUT2D eigenvalue weighted by Gasteiger charge is -2.40. The molecule has 3 fully saturated rings. The standard InChI is InChI=1S/C28H34Cl2N4O2.CH2O2/c29-24-11-9-20(15-25(24)30)27(35)32-13-4-7-23(18-32)33-14-12-22(10-8-19-5-2-1-3-6-19)34-17-21(31)16-26(34)28(33)36;2-1-3/h1-3,5-6,9,11,15,21-23,26H,4,7-8,10,12-14,16-18,31H2;1H,(H,2,3)/t21-,22?,23+,26+;/m1./s1. The van der Waals surface area contributed by atoms with Crippen LogP contribution in [0.5, 0.6) is 0 Å². The van der Waals surface area contributed by atoms with Crippen molar-refractivity contribution in [3.8, 4) is 0 Å². The minimum absolute atomic E-state index is 0.0181. The predicted octanol–water partition coefficient (Wildman–Crippen LogP) is 3.93. The molecule has 3 aliphatic rings. The summed E-state index contributed by atoms with van der Waals surface area (Å²) in [6.07, 6.45) is 5.42. The van der Waals surface area contributed by atoms with Crippen LogP contribution < -0.4 is 5.73 Å². The van der Waals surface area contributed by atoms with Crippen molar-refractivity contribution in [2.45, 2.75) is 62.7 Å². The molecular formula is C29H36Cl2N4O4. The first kappa shape index (κ1) is 29.3. The van der Waals surface area contributed by atoms with E-state index < -0.39 is 0 Å². The van der Waals surface area contributed by atoms with Gasteiger partial charge < -0.3 is 20.6 Å². The number of halogens is 2. The quantitative estimate of drug-likeness (QED) is 0.524. The summed E-state index contributed by atoms with van der Waals surface area (Å²) >= 11 is 12.2. The number of amides is 2. The topological polar surface area (TPSA) is 107 Å². The Balaban J connectivity index is 0.00000112. The number of nitrogens with zero attached hydrogens (tertiary/aromatic N) is 3. The van der Waals surface area contributed by atoms with E-state index in [1.807, 2.05) is 11.0 Å². The van der Waals surface area contributed by atoms with Crippen molar-refractivity contribution in [3.05, 3.63) is 69.7 Å². The lowest BCUT2D eigenvalue weighted by molar-refractivity contribution is -0.138. The largest absolute Gasteiger partial charge is 0.483 e. The number of piperidine rings is 1. The van der Waals surface area contributed by atoms with Crippen LogP contribution in [0.4, 0.5) is 0 Å². The minimum Gasteiger partial charge on any atom is -0.483 e. The maximum atomic E-state index is 13.8. The maximum Gasteiger partial charge on any atom is 0.290 e. The first-order chi connectivity index (χ1) is 18.8. The van der Waals surface area contributed by atoms with E-state index in [-0.39, 0.29) is 36.4 Å². The van der Waals surface area contributed by atoms with Gasteiger partial charge in [-0.15, -0.1) is 0 Å². The number of nitrogens with two attached hydrogens (primary N) is 1. The van der Waals surface area contributed by atoms with E-state index in [1.54, 1.807) is 18.2 Å². The summed E-state index contributed by atoms with van der Waals surface area (Å²) < 4.78 is 0. The average Bonchev–Trinajstić information content (AvgIpc) is 3.28. The molecule has 39 heavy (non-hydrogen) atoms. The molecule has 2 aromatic carbocycles. The number of fused-ring (bicyclic) bond motifs is 1. The first-order valence-electron chi connectivity index (χ1n) is 13.5. The van der Waals surface area contributed by atoms with Crippen LogP contribution in [-0.4, -0.2) is 88.4 Å². The molecule has 8 nitrogen and oxygen atoms in total. The van der Waals surface area contributed by atoms with Gasteiger partial charge in [0.25, 0.3) is 12.4 Å². The van der Waals surface area contributed by atoms with Gasteiger partial charge in [0.15, 0.2) is 0 Å². The first-order valence-corrected chi connectivity index (χ1v) is 14.3. The molecule has 0 spiro atoms. The molecule has 0 aromatic heterocycles. The summed E-state index contributed by atoms with van der Waals surface area (Å²) in [4.78, 5) is 41.7. The lowest BCUT2D eigenvalue weighted by Crippen LogP contribution is -2.54. The average molecular weight is 576 g/mol. The van der Waals surface area contributed by atoms with E-state index in [9.17, 15) is 9.59 Å². The Hall–Kier alpha value is -2.65. The maximum absolute atomic E-state index is 13.8. The number of likely N-dealkylation sites (tertiary alicyclic amines) is 1. The number of carboxylic acid groups (broad SMARTS) is 1. The summed E-state index contributed by atoms with van der Waals surface area (Å²) in [5, 5.41) is 7.69. The normalized spacial score (nSPS) is 25.4. The molecule has 3 aliphatic heterocycles. The Kier molecular flexibility index (Phi) is 10.2. The fourth-order valence-electron chi connectivity index (χ4n) is 6.15. The van der Waals surface area contributed by atoms with E-state index in [4.69, 9.17) is 38.8 Å². The Bertz CT molecular complexity index is 1150. The van der Waals surface area contributed by atoms with E-state index >= 15 is 0 Å². The molecular weight excluding hydrogens is 539 g/mol. The van der Waals surface area contributed by atoms with Crippen molar-refractivity contribution in [2.75, 3.05) is 26.2 Å². The van der Waals surface area contributed by atoms with Crippen LogP contribution in [0.15, 0.2) is 48.5 Å². The van der Waals surface area contributed by atoms with Crippen LogP contribution in [0.2, 0.25) is 10.0 Å². The highest BCUT2D eigenvalue weighted by molar-refractivity contribution is 6.42. The summed E-state index contributed by atoms with van der Waals surface area (Å²) in [6, 6.07) is 15.7. The molecule has 5 rings (SSSR count). The Morgan fingerprint density at radius 3 is 2.51 bits per heavy atom. The van der Waals surface area contributed by atoms with Gasteiger partial charge in [0.2, 0.25) is 5.91 Å². The second-order valence-electron chi connectivity index (χ2n) is 10.5. The Labute approximate surface area is 239 Å². The third-order valence-corrected chi connectivity index (χ3v) is 8.75. The molecule has 3 heterocycles. The molecule has 2 amide bonds. The molecule has 0 radical (unpaired) electrons. The van der Waals surface area contributed by atoms with Gasteiger partial charge in [-0.05, 0) is 62.3 Å². The van der Waals surface area contributed by atoms with Crippen LogP contribution in [-0.2, 0) is 16.0 Å². The van der Waals surface area contributed by atoms with E-state index in [1.165, 1.54) is 5.56 Å². The van der Waals surface area contributed by atoms with Crippen LogP contribution in [0, 0.1) is 0 Å². The monoisotopic (exact) mass is 574 g/mol. The number of rotatable bonds is 5. The van der Waals surface area contributed by atoms with Crippen molar-refractivity contribution in [3.63, 3.8) is 0 Å². The van der Waals surface area contributed by atoms with Gasteiger partial charge in [-0.2, -0.15) is 0 Å². The van der Waals surface area contributed by atoms with Gasteiger partial charge in [0.1, 0.15) is 0 Å². The second-order valence-corrected chi connectivity index (χ2v) is 11.3. The van der Waals surface area contributed by atoms with Gasteiger partial charge in [-0.25, -0.2) is 0 Å². The highest BCUT2D eigenvalue weighted by Crippen LogP contribution is 2.31. The zero-order valence-electron chi connectivity index (χ0n) is 21.9. The SMILES string of the molecule is N[C@@H]1C[C@H]2C(=O)N([C@H]3CCCN(C(=O)c4ccc(Cl)c(Cl)c4)C3)CCC(CCc3ccccc3)N2C1.O=CO. The molecule has 210 valence electrons. The van der Waals surface area contributed by atoms with Gasteiger partial charge in [0.05, 0.1) is 16.1 Å². The molecule has 1 unspecified atom stereocenters. The van der Waals surface area contributed by atoms with E-state index in [0.29, 0.717) is 41.2 Å². The lowest BCUT2D eigenvalue weighted by atomic mass is 10.00. The number of aryl methyl sites for hydroxylation is 1. The minimum atomic E-state index is -0.250. The van der Waals surface area contributed by atoms with Crippen LogP contribution in [0.1, 0.15) is 48.0 Å². The number of hydrogen-bond acceptors (Lipinski definition) is 5. The van der Waals surface area contributed by atoms with Gasteiger partial charge in [0, 0.05) is 49.9 Å². The van der Waals surface area contributed by atoms with Gasteiger partial charge in [-0.1, -0.05) is 53.5 Å².